The normalized spacial score (nSPS) is 14.1. The summed E-state index contributed by atoms with van der Waals surface area (Å²) in [7, 11) is 1.54. The first-order valence-electron chi connectivity index (χ1n) is 7.43. The molecule has 0 atom stereocenters. The van der Waals surface area contributed by atoms with Crippen LogP contribution in [0.3, 0.4) is 0 Å². The van der Waals surface area contributed by atoms with Gasteiger partial charge in [-0.3, -0.25) is 0 Å². The summed E-state index contributed by atoms with van der Waals surface area (Å²) >= 11 is 0. The number of phenolic OH excluding ortho intramolecular Hbond substituents is 1. The van der Waals surface area contributed by atoms with Crippen molar-refractivity contribution in [3.63, 3.8) is 0 Å². The SMILES string of the molecule is COc1cccc(CNc2cc(N3CCCC3)ncn2)c1O. The first kappa shape index (κ1) is 14.4. The highest BCUT2D eigenvalue weighted by Gasteiger charge is 2.14. The number of rotatable bonds is 5. The van der Waals surface area contributed by atoms with Crippen molar-refractivity contribution in [2.45, 2.75) is 19.4 Å². The minimum atomic E-state index is 0.159. The molecule has 0 aliphatic carbocycles. The molecule has 1 aliphatic heterocycles. The van der Waals surface area contributed by atoms with Crippen LogP contribution in [0.4, 0.5) is 11.6 Å². The molecule has 1 fully saturated rings. The summed E-state index contributed by atoms with van der Waals surface area (Å²) in [5, 5.41) is 13.3. The summed E-state index contributed by atoms with van der Waals surface area (Å²) in [5.74, 6) is 2.33. The van der Waals surface area contributed by atoms with E-state index in [1.54, 1.807) is 19.5 Å². The van der Waals surface area contributed by atoms with Crippen LogP contribution in [0.25, 0.3) is 0 Å². The highest BCUT2D eigenvalue weighted by Crippen LogP contribution is 2.29. The van der Waals surface area contributed by atoms with Gasteiger partial charge in [-0.15, -0.1) is 0 Å². The number of hydrogen-bond donors (Lipinski definition) is 2. The standard InChI is InChI=1S/C16H20N4O2/c1-22-13-6-4-5-12(16(13)21)10-17-14-9-15(19-11-18-14)20-7-2-3-8-20/h4-6,9,11,21H,2-3,7-8,10H2,1H3,(H,17,18,19). The van der Waals surface area contributed by atoms with Gasteiger partial charge in [0.1, 0.15) is 18.0 Å². The van der Waals surface area contributed by atoms with Gasteiger partial charge in [0.05, 0.1) is 7.11 Å². The van der Waals surface area contributed by atoms with E-state index in [0.717, 1.165) is 30.3 Å². The molecule has 0 saturated carbocycles. The van der Waals surface area contributed by atoms with Crippen LogP contribution in [-0.4, -0.2) is 35.3 Å². The van der Waals surface area contributed by atoms with Crippen molar-refractivity contribution in [1.29, 1.82) is 0 Å². The Balaban J connectivity index is 1.70. The summed E-state index contributed by atoms with van der Waals surface area (Å²) in [4.78, 5) is 10.8. The quantitative estimate of drug-likeness (QED) is 0.883. The lowest BCUT2D eigenvalue weighted by atomic mass is 10.2. The topological polar surface area (TPSA) is 70.5 Å². The maximum atomic E-state index is 10.1. The van der Waals surface area contributed by atoms with E-state index in [1.165, 1.54) is 12.8 Å². The fourth-order valence-corrected chi connectivity index (χ4v) is 2.62. The largest absolute Gasteiger partial charge is 0.504 e. The van der Waals surface area contributed by atoms with Crippen LogP contribution in [0, 0.1) is 0 Å². The molecule has 1 aromatic carbocycles. The molecule has 6 nitrogen and oxygen atoms in total. The molecule has 1 aromatic heterocycles. The number of anilines is 2. The van der Waals surface area contributed by atoms with E-state index in [0.29, 0.717) is 12.3 Å². The smallest absolute Gasteiger partial charge is 0.162 e. The molecule has 2 aromatic rings. The number of phenols is 1. The third-order valence-electron chi connectivity index (χ3n) is 3.85. The predicted octanol–water partition coefficient (Wildman–Crippen LogP) is 2.40. The van der Waals surface area contributed by atoms with Crippen molar-refractivity contribution in [2.24, 2.45) is 0 Å². The summed E-state index contributed by atoms with van der Waals surface area (Å²) < 4.78 is 5.11. The molecule has 1 saturated heterocycles. The number of nitrogens with one attached hydrogen (secondary N) is 1. The number of aromatic hydroxyl groups is 1. The van der Waals surface area contributed by atoms with E-state index in [1.807, 2.05) is 18.2 Å². The Kier molecular flexibility index (Phi) is 4.27. The number of para-hydroxylation sites is 1. The van der Waals surface area contributed by atoms with E-state index in [9.17, 15) is 5.11 Å². The number of methoxy groups -OCH3 is 1. The van der Waals surface area contributed by atoms with Gasteiger partial charge in [-0.2, -0.15) is 0 Å². The molecule has 0 radical (unpaired) electrons. The first-order chi connectivity index (χ1) is 10.8. The second kappa shape index (κ2) is 6.51. The Morgan fingerprint density at radius 3 is 2.86 bits per heavy atom. The third-order valence-corrected chi connectivity index (χ3v) is 3.85. The lowest BCUT2D eigenvalue weighted by Gasteiger charge is -2.17. The van der Waals surface area contributed by atoms with Gasteiger partial charge in [-0.1, -0.05) is 12.1 Å². The van der Waals surface area contributed by atoms with Crippen molar-refractivity contribution in [2.75, 3.05) is 30.4 Å². The van der Waals surface area contributed by atoms with Gasteiger partial charge in [0, 0.05) is 31.3 Å². The molecule has 1 aliphatic rings. The maximum absolute atomic E-state index is 10.1. The van der Waals surface area contributed by atoms with Gasteiger partial charge >= 0.3 is 0 Å². The molecule has 0 spiro atoms. The average Bonchev–Trinajstić information content (AvgIpc) is 3.09. The first-order valence-corrected chi connectivity index (χ1v) is 7.43. The Bertz CT molecular complexity index is 642. The van der Waals surface area contributed by atoms with Crippen molar-refractivity contribution in [3.8, 4) is 11.5 Å². The number of nitrogens with zero attached hydrogens (tertiary/aromatic N) is 3. The second-order valence-corrected chi connectivity index (χ2v) is 5.28. The zero-order valence-electron chi connectivity index (χ0n) is 12.6. The van der Waals surface area contributed by atoms with Gasteiger partial charge in [0.15, 0.2) is 11.5 Å². The predicted molar refractivity (Wildman–Crippen MR) is 85.5 cm³/mol. The average molecular weight is 300 g/mol. The molecule has 22 heavy (non-hydrogen) atoms. The summed E-state index contributed by atoms with van der Waals surface area (Å²) in [6.07, 6.45) is 4.00. The lowest BCUT2D eigenvalue weighted by Crippen LogP contribution is -2.19. The van der Waals surface area contributed by atoms with Crippen molar-refractivity contribution >= 4 is 11.6 Å². The minimum absolute atomic E-state index is 0.159. The van der Waals surface area contributed by atoms with Crippen molar-refractivity contribution < 1.29 is 9.84 Å². The van der Waals surface area contributed by atoms with Crippen LogP contribution >= 0.6 is 0 Å². The zero-order chi connectivity index (χ0) is 15.4. The molecule has 3 rings (SSSR count). The van der Waals surface area contributed by atoms with Crippen molar-refractivity contribution in [3.05, 3.63) is 36.2 Å². The van der Waals surface area contributed by atoms with E-state index >= 15 is 0 Å². The fourth-order valence-electron chi connectivity index (χ4n) is 2.62. The molecule has 6 heteroatoms. The van der Waals surface area contributed by atoms with Gasteiger partial charge < -0.3 is 20.1 Å². The summed E-state index contributed by atoms with van der Waals surface area (Å²) in [6.45, 7) is 2.57. The van der Waals surface area contributed by atoms with Crippen LogP contribution in [0.2, 0.25) is 0 Å². The Labute approximate surface area is 129 Å². The van der Waals surface area contributed by atoms with Gasteiger partial charge in [-0.05, 0) is 18.9 Å². The second-order valence-electron chi connectivity index (χ2n) is 5.28. The van der Waals surface area contributed by atoms with E-state index in [4.69, 9.17) is 4.74 Å². The molecule has 0 unspecified atom stereocenters. The van der Waals surface area contributed by atoms with Gasteiger partial charge in [0.25, 0.3) is 0 Å². The third kappa shape index (κ3) is 3.05. The molecule has 2 heterocycles. The van der Waals surface area contributed by atoms with Crippen LogP contribution in [-0.2, 0) is 6.54 Å². The number of benzene rings is 1. The molecule has 116 valence electrons. The van der Waals surface area contributed by atoms with Crippen LogP contribution < -0.4 is 15.0 Å². The van der Waals surface area contributed by atoms with Crippen LogP contribution in [0.5, 0.6) is 11.5 Å². The van der Waals surface area contributed by atoms with E-state index in [2.05, 4.69) is 20.2 Å². The number of aromatic nitrogens is 2. The summed E-state index contributed by atoms with van der Waals surface area (Å²) in [5.41, 5.74) is 0.765. The minimum Gasteiger partial charge on any atom is -0.504 e. The highest BCUT2D eigenvalue weighted by molar-refractivity contribution is 5.51. The monoisotopic (exact) mass is 300 g/mol. The molecular weight excluding hydrogens is 280 g/mol. The molecule has 0 bridgehead atoms. The molecule has 0 amide bonds. The zero-order valence-corrected chi connectivity index (χ0v) is 12.6. The van der Waals surface area contributed by atoms with Crippen LogP contribution in [0.1, 0.15) is 18.4 Å². The lowest BCUT2D eigenvalue weighted by molar-refractivity contribution is 0.371. The van der Waals surface area contributed by atoms with Crippen molar-refractivity contribution in [1.82, 2.24) is 9.97 Å². The fraction of sp³-hybridized carbons (Fsp3) is 0.375. The summed E-state index contributed by atoms with van der Waals surface area (Å²) in [6, 6.07) is 7.39. The van der Waals surface area contributed by atoms with Crippen LogP contribution in [0.15, 0.2) is 30.6 Å². The molecule has 2 N–H and O–H groups in total. The Morgan fingerprint density at radius 1 is 1.27 bits per heavy atom. The van der Waals surface area contributed by atoms with E-state index in [-0.39, 0.29) is 5.75 Å². The maximum Gasteiger partial charge on any atom is 0.162 e. The molecular formula is C16H20N4O2. The Hall–Kier alpha value is -2.50. The highest BCUT2D eigenvalue weighted by atomic mass is 16.5. The van der Waals surface area contributed by atoms with Gasteiger partial charge in [0.2, 0.25) is 0 Å². The number of hydrogen-bond acceptors (Lipinski definition) is 6. The van der Waals surface area contributed by atoms with E-state index < -0.39 is 0 Å². The number of ether oxygens (including phenoxy) is 1. The Morgan fingerprint density at radius 2 is 2.09 bits per heavy atom. The van der Waals surface area contributed by atoms with Gasteiger partial charge in [-0.25, -0.2) is 9.97 Å².